The van der Waals surface area contributed by atoms with E-state index >= 15 is 0 Å². The molecule has 0 atom stereocenters. The Morgan fingerprint density at radius 2 is 1.95 bits per heavy atom. The van der Waals surface area contributed by atoms with Gasteiger partial charge in [0.15, 0.2) is 0 Å². The fraction of sp³-hybridized carbons (Fsp3) is 0.500. The van der Waals surface area contributed by atoms with Crippen molar-refractivity contribution in [2.45, 2.75) is 26.8 Å². The molecule has 0 spiro atoms. The Kier molecular flexibility index (Phi) is 6.30. The van der Waals surface area contributed by atoms with Crippen molar-refractivity contribution in [3.05, 3.63) is 34.2 Å². The molecule has 0 unspecified atom stereocenters. The van der Waals surface area contributed by atoms with Crippen molar-refractivity contribution in [1.82, 2.24) is 10.2 Å². The molecule has 0 aliphatic carbocycles. The van der Waals surface area contributed by atoms with Crippen LogP contribution in [0.25, 0.3) is 10.1 Å². The molecule has 2 rings (SSSR count). The second-order valence-electron chi connectivity index (χ2n) is 4.89. The summed E-state index contributed by atoms with van der Waals surface area (Å²) in [7, 11) is 0. The van der Waals surface area contributed by atoms with Gasteiger partial charge in [-0.2, -0.15) is 0 Å². The largest absolute Gasteiger partial charge is 0.312 e. The minimum atomic E-state index is 0.871. The fourth-order valence-corrected chi connectivity index (χ4v) is 3.82. The predicted molar refractivity (Wildman–Crippen MR) is 90.9 cm³/mol. The lowest BCUT2D eigenvalue weighted by molar-refractivity contribution is 0.298. The van der Waals surface area contributed by atoms with E-state index in [-0.39, 0.29) is 0 Å². The van der Waals surface area contributed by atoms with E-state index < -0.39 is 0 Å². The SMILES string of the molecule is CCN(CC)CCCNCc1sc2ccccc2c1Cl. The summed E-state index contributed by atoms with van der Waals surface area (Å²) in [4.78, 5) is 3.70. The molecular formula is C16H23ClN2S. The lowest BCUT2D eigenvalue weighted by atomic mass is 10.2. The molecule has 0 bridgehead atoms. The Bertz CT molecular complexity index is 534. The highest BCUT2D eigenvalue weighted by Crippen LogP contribution is 2.34. The third kappa shape index (κ3) is 3.95. The summed E-state index contributed by atoms with van der Waals surface area (Å²) in [6.07, 6.45) is 1.18. The van der Waals surface area contributed by atoms with E-state index in [4.69, 9.17) is 11.6 Å². The summed E-state index contributed by atoms with van der Waals surface area (Å²) in [5.41, 5.74) is 0. The molecule has 0 amide bonds. The minimum absolute atomic E-state index is 0.871. The van der Waals surface area contributed by atoms with Gasteiger partial charge in [-0.3, -0.25) is 0 Å². The first-order chi connectivity index (χ1) is 9.76. The summed E-state index contributed by atoms with van der Waals surface area (Å²) >= 11 is 8.22. The molecule has 2 nitrogen and oxygen atoms in total. The van der Waals surface area contributed by atoms with Crippen LogP contribution in [-0.4, -0.2) is 31.1 Å². The van der Waals surface area contributed by atoms with Gasteiger partial charge in [-0.15, -0.1) is 11.3 Å². The van der Waals surface area contributed by atoms with Gasteiger partial charge in [0.2, 0.25) is 0 Å². The van der Waals surface area contributed by atoms with Gasteiger partial charge >= 0.3 is 0 Å². The van der Waals surface area contributed by atoms with Crippen LogP contribution in [0.2, 0.25) is 5.02 Å². The molecule has 0 radical (unpaired) electrons. The number of rotatable bonds is 8. The lowest BCUT2D eigenvalue weighted by Gasteiger charge is -2.17. The predicted octanol–water partition coefficient (Wildman–Crippen LogP) is 4.38. The van der Waals surface area contributed by atoms with Crippen LogP contribution in [0.15, 0.2) is 24.3 Å². The van der Waals surface area contributed by atoms with Crippen LogP contribution in [0.3, 0.4) is 0 Å². The Labute approximate surface area is 130 Å². The maximum Gasteiger partial charge on any atom is 0.0636 e. The first kappa shape index (κ1) is 15.8. The Hall–Kier alpha value is -0.610. The molecule has 0 saturated heterocycles. The summed E-state index contributed by atoms with van der Waals surface area (Å²) in [5.74, 6) is 0. The van der Waals surface area contributed by atoms with E-state index in [0.29, 0.717) is 0 Å². The quantitative estimate of drug-likeness (QED) is 0.728. The summed E-state index contributed by atoms with van der Waals surface area (Å²) in [6.45, 7) is 9.79. The number of fused-ring (bicyclic) bond motifs is 1. The molecular weight excluding hydrogens is 288 g/mol. The second-order valence-corrected chi connectivity index (χ2v) is 6.41. The number of benzene rings is 1. The number of hydrogen-bond acceptors (Lipinski definition) is 3. The molecule has 0 aliphatic rings. The fourth-order valence-electron chi connectivity index (χ4n) is 2.35. The van der Waals surface area contributed by atoms with Crippen molar-refractivity contribution in [2.24, 2.45) is 0 Å². The molecule has 4 heteroatoms. The van der Waals surface area contributed by atoms with E-state index in [0.717, 1.165) is 31.2 Å². The van der Waals surface area contributed by atoms with Gasteiger partial charge in [0.05, 0.1) is 5.02 Å². The maximum atomic E-state index is 6.43. The zero-order chi connectivity index (χ0) is 14.4. The highest BCUT2D eigenvalue weighted by Gasteiger charge is 2.08. The molecule has 20 heavy (non-hydrogen) atoms. The molecule has 2 aromatic rings. The summed E-state index contributed by atoms with van der Waals surface area (Å²) in [5, 5.41) is 5.60. The number of nitrogens with zero attached hydrogens (tertiary/aromatic N) is 1. The van der Waals surface area contributed by atoms with Crippen LogP contribution in [0.5, 0.6) is 0 Å². The first-order valence-electron chi connectivity index (χ1n) is 7.35. The van der Waals surface area contributed by atoms with E-state index in [1.165, 1.54) is 27.9 Å². The first-order valence-corrected chi connectivity index (χ1v) is 8.54. The van der Waals surface area contributed by atoms with Gasteiger partial charge in [-0.25, -0.2) is 0 Å². The summed E-state index contributed by atoms with van der Waals surface area (Å²) < 4.78 is 1.28. The van der Waals surface area contributed by atoms with Gasteiger partial charge in [0.25, 0.3) is 0 Å². The smallest absolute Gasteiger partial charge is 0.0636 e. The van der Waals surface area contributed by atoms with E-state index in [9.17, 15) is 0 Å². The van der Waals surface area contributed by atoms with Crippen molar-refractivity contribution in [3.63, 3.8) is 0 Å². The van der Waals surface area contributed by atoms with Gasteiger partial charge in [-0.1, -0.05) is 43.6 Å². The molecule has 0 fully saturated rings. The second kappa shape index (κ2) is 7.99. The van der Waals surface area contributed by atoms with E-state index in [2.05, 4.69) is 42.3 Å². The van der Waals surface area contributed by atoms with Crippen molar-refractivity contribution in [2.75, 3.05) is 26.2 Å². The molecule has 1 aromatic carbocycles. The van der Waals surface area contributed by atoms with Crippen LogP contribution >= 0.6 is 22.9 Å². The van der Waals surface area contributed by atoms with Crippen LogP contribution < -0.4 is 5.32 Å². The van der Waals surface area contributed by atoms with E-state index in [1.54, 1.807) is 11.3 Å². The highest BCUT2D eigenvalue weighted by molar-refractivity contribution is 7.19. The number of thiophene rings is 1. The third-order valence-corrected chi connectivity index (χ3v) is 5.32. The number of nitrogens with one attached hydrogen (secondary N) is 1. The van der Waals surface area contributed by atoms with Gasteiger partial charge in [0, 0.05) is 21.5 Å². The Morgan fingerprint density at radius 1 is 1.20 bits per heavy atom. The molecule has 110 valence electrons. The van der Waals surface area contributed by atoms with Crippen molar-refractivity contribution in [1.29, 1.82) is 0 Å². The zero-order valence-electron chi connectivity index (χ0n) is 12.3. The standard InChI is InChI=1S/C16H23ClN2S/c1-3-19(4-2)11-7-10-18-12-15-16(17)13-8-5-6-9-14(13)20-15/h5-6,8-9,18H,3-4,7,10-12H2,1-2H3. The van der Waals surface area contributed by atoms with Crippen molar-refractivity contribution in [3.8, 4) is 0 Å². The maximum absolute atomic E-state index is 6.43. The monoisotopic (exact) mass is 310 g/mol. The lowest BCUT2D eigenvalue weighted by Crippen LogP contribution is -2.27. The van der Waals surface area contributed by atoms with Gasteiger partial charge in [0.1, 0.15) is 0 Å². The topological polar surface area (TPSA) is 15.3 Å². The number of hydrogen-bond donors (Lipinski definition) is 1. The highest BCUT2D eigenvalue weighted by atomic mass is 35.5. The number of halogens is 1. The normalized spacial score (nSPS) is 11.6. The van der Waals surface area contributed by atoms with E-state index in [1.807, 2.05) is 6.07 Å². The Balaban J connectivity index is 1.80. The van der Waals surface area contributed by atoms with Gasteiger partial charge < -0.3 is 10.2 Å². The van der Waals surface area contributed by atoms with Gasteiger partial charge in [-0.05, 0) is 38.7 Å². The minimum Gasteiger partial charge on any atom is -0.312 e. The van der Waals surface area contributed by atoms with Crippen LogP contribution in [-0.2, 0) is 6.54 Å². The van der Waals surface area contributed by atoms with Crippen LogP contribution in [0.4, 0.5) is 0 Å². The molecule has 1 N–H and O–H groups in total. The molecule has 0 saturated carbocycles. The third-order valence-electron chi connectivity index (χ3n) is 3.61. The van der Waals surface area contributed by atoms with Crippen LogP contribution in [0.1, 0.15) is 25.1 Å². The molecule has 1 aromatic heterocycles. The average molecular weight is 311 g/mol. The Morgan fingerprint density at radius 3 is 2.65 bits per heavy atom. The summed E-state index contributed by atoms with van der Waals surface area (Å²) in [6, 6.07) is 8.34. The van der Waals surface area contributed by atoms with Crippen molar-refractivity contribution < 1.29 is 0 Å². The average Bonchev–Trinajstić information content (AvgIpc) is 2.80. The molecule has 0 aliphatic heterocycles. The van der Waals surface area contributed by atoms with Crippen LogP contribution in [0, 0.1) is 0 Å². The zero-order valence-corrected chi connectivity index (χ0v) is 13.9. The van der Waals surface area contributed by atoms with Crippen molar-refractivity contribution >= 4 is 33.0 Å². The molecule has 1 heterocycles.